The molecule has 0 bridgehead atoms. The molecule has 0 aliphatic heterocycles. The van der Waals surface area contributed by atoms with Crippen LogP contribution in [0.1, 0.15) is 75.1 Å². The molecule has 0 radical (unpaired) electrons. The molecule has 0 spiro atoms. The number of carbonyl (C=O) groups is 2. The molecule has 1 aromatic heterocycles. The summed E-state index contributed by atoms with van der Waals surface area (Å²) in [6.45, 7) is 7.32. The number of pyridine rings is 1. The fraction of sp³-hybridized carbons (Fsp3) is 0.382. The van der Waals surface area contributed by atoms with Crippen molar-refractivity contribution < 1.29 is 28.5 Å². The second kappa shape index (κ2) is 18.3. The quantitative estimate of drug-likeness (QED) is 0.0637. The number of unbranched alkanes of at least 4 members (excludes halogenated alkanes) is 7. The molecule has 0 amide bonds. The van der Waals surface area contributed by atoms with Gasteiger partial charge in [0.1, 0.15) is 17.2 Å². The summed E-state index contributed by atoms with van der Waals surface area (Å²) in [6, 6.07) is 18.1. The minimum atomic E-state index is -0.425. The molecule has 3 rings (SSSR count). The Morgan fingerprint density at radius 3 is 1.93 bits per heavy atom. The Kier molecular flexibility index (Phi) is 14.0. The normalized spacial score (nSPS) is 10.6. The van der Waals surface area contributed by atoms with Crippen LogP contribution in [0.4, 0.5) is 0 Å². The minimum Gasteiger partial charge on any atom is -0.494 e. The standard InChI is InChI=1S/C34H41NO6/c1-3-5-10-23-39-31-21-22-32(35-26-31)27-13-19-30(20-14-27)41-34(37)28-15-17-29(18-16-28)38-24-11-8-6-7-9-12-25-40-33(36)4-2/h4,13-22,26H,2-3,5-12,23-25H2,1H3. The molecule has 0 saturated carbocycles. The van der Waals surface area contributed by atoms with E-state index in [0.717, 1.165) is 80.5 Å². The Morgan fingerprint density at radius 1 is 0.707 bits per heavy atom. The molecular formula is C34H41NO6. The van der Waals surface area contributed by atoms with E-state index in [1.54, 1.807) is 42.6 Å². The fourth-order valence-corrected chi connectivity index (χ4v) is 4.06. The predicted octanol–water partition coefficient (Wildman–Crippen LogP) is 7.99. The first-order valence-electron chi connectivity index (χ1n) is 14.5. The lowest BCUT2D eigenvalue weighted by Crippen LogP contribution is -2.08. The number of aromatic nitrogens is 1. The summed E-state index contributed by atoms with van der Waals surface area (Å²) in [6.07, 6.45) is 12.4. The Labute approximate surface area is 243 Å². The van der Waals surface area contributed by atoms with Crippen LogP contribution in [0.25, 0.3) is 11.3 Å². The summed E-state index contributed by atoms with van der Waals surface area (Å²) in [5.74, 6) is 1.16. The molecular weight excluding hydrogens is 518 g/mol. The second-order valence-corrected chi connectivity index (χ2v) is 9.71. The van der Waals surface area contributed by atoms with Gasteiger partial charge in [-0.1, -0.05) is 52.0 Å². The van der Waals surface area contributed by atoms with E-state index in [1.807, 2.05) is 24.3 Å². The van der Waals surface area contributed by atoms with Crippen molar-refractivity contribution in [2.75, 3.05) is 19.8 Å². The van der Waals surface area contributed by atoms with Crippen molar-refractivity contribution in [3.8, 4) is 28.5 Å². The van der Waals surface area contributed by atoms with Gasteiger partial charge in [-0.2, -0.15) is 0 Å². The van der Waals surface area contributed by atoms with Crippen LogP contribution in [-0.2, 0) is 9.53 Å². The van der Waals surface area contributed by atoms with Gasteiger partial charge in [-0.05, 0) is 79.9 Å². The number of esters is 2. The first-order valence-corrected chi connectivity index (χ1v) is 14.5. The fourth-order valence-electron chi connectivity index (χ4n) is 4.06. The Bertz CT molecular complexity index is 1190. The van der Waals surface area contributed by atoms with Gasteiger partial charge < -0.3 is 18.9 Å². The van der Waals surface area contributed by atoms with Gasteiger partial charge >= 0.3 is 11.9 Å². The molecule has 41 heavy (non-hydrogen) atoms. The van der Waals surface area contributed by atoms with Crippen LogP contribution < -0.4 is 14.2 Å². The summed E-state index contributed by atoms with van der Waals surface area (Å²) < 4.78 is 22.0. The van der Waals surface area contributed by atoms with E-state index in [-0.39, 0.29) is 5.97 Å². The molecule has 0 unspecified atom stereocenters. The number of nitrogens with zero attached hydrogens (tertiary/aromatic N) is 1. The zero-order chi connectivity index (χ0) is 29.1. The van der Waals surface area contributed by atoms with Crippen LogP contribution in [0, 0.1) is 0 Å². The summed E-state index contributed by atoms with van der Waals surface area (Å²) in [7, 11) is 0. The van der Waals surface area contributed by atoms with Gasteiger partial charge in [-0.3, -0.25) is 4.98 Å². The van der Waals surface area contributed by atoms with Crippen LogP contribution in [0.15, 0.2) is 79.5 Å². The van der Waals surface area contributed by atoms with Gasteiger partial charge in [0.05, 0.1) is 37.3 Å². The first kappa shape index (κ1) is 31.4. The van der Waals surface area contributed by atoms with E-state index in [9.17, 15) is 9.59 Å². The monoisotopic (exact) mass is 559 g/mol. The Balaban J connectivity index is 1.33. The average Bonchev–Trinajstić information content (AvgIpc) is 3.01. The van der Waals surface area contributed by atoms with Gasteiger partial charge in [0.15, 0.2) is 0 Å². The van der Waals surface area contributed by atoms with Gasteiger partial charge in [0.2, 0.25) is 0 Å². The van der Waals surface area contributed by atoms with E-state index < -0.39 is 5.97 Å². The summed E-state index contributed by atoms with van der Waals surface area (Å²) in [4.78, 5) is 28.1. The summed E-state index contributed by atoms with van der Waals surface area (Å²) in [5, 5.41) is 0. The van der Waals surface area contributed by atoms with E-state index in [2.05, 4.69) is 18.5 Å². The minimum absolute atomic E-state index is 0.364. The molecule has 7 nitrogen and oxygen atoms in total. The highest BCUT2D eigenvalue weighted by Gasteiger charge is 2.10. The largest absolute Gasteiger partial charge is 0.494 e. The first-order chi connectivity index (χ1) is 20.1. The summed E-state index contributed by atoms with van der Waals surface area (Å²) >= 11 is 0. The molecule has 0 aliphatic carbocycles. The maximum absolute atomic E-state index is 12.6. The topological polar surface area (TPSA) is 84.0 Å². The molecule has 7 heteroatoms. The van der Waals surface area contributed by atoms with Gasteiger partial charge in [-0.15, -0.1) is 0 Å². The lowest BCUT2D eigenvalue weighted by Gasteiger charge is -2.09. The van der Waals surface area contributed by atoms with Crippen LogP contribution in [0.3, 0.4) is 0 Å². The molecule has 0 atom stereocenters. The van der Waals surface area contributed by atoms with Crippen LogP contribution >= 0.6 is 0 Å². The lowest BCUT2D eigenvalue weighted by molar-refractivity contribution is -0.137. The molecule has 0 aliphatic rings. The molecule has 0 N–H and O–H groups in total. The van der Waals surface area contributed by atoms with Crippen LogP contribution in [0.2, 0.25) is 0 Å². The third-order valence-corrected chi connectivity index (χ3v) is 6.42. The number of rotatable bonds is 19. The van der Waals surface area contributed by atoms with Gasteiger partial charge in [-0.25, -0.2) is 9.59 Å². The molecule has 3 aromatic rings. The van der Waals surface area contributed by atoms with E-state index in [1.165, 1.54) is 6.08 Å². The molecule has 0 fully saturated rings. The average molecular weight is 560 g/mol. The zero-order valence-electron chi connectivity index (χ0n) is 24.0. The zero-order valence-corrected chi connectivity index (χ0v) is 24.0. The van der Waals surface area contributed by atoms with Crippen molar-refractivity contribution in [1.82, 2.24) is 4.98 Å². The lowest BCUT2D eigenvalue weighted by atomic mass is 10.1. The third kappa shape index (κ3) is 11.9. The summed E-state index contributed by atoms with van der Waals surface area (Å²) in [5.41, 5.74) is 2.20. The van der Waals surface area contributed by atoms with Crippen molar-refractivity contribution in [3.05, 3.63) is 85.1 Å². The van der Waals surface area contributed by atoms with E-state index >= 15 is 0 Å². The molecule has 0 saturated heterocycles. The molecule has 2 aromatic carbocycles. The number of hydrogen-bond donors (Lipinski definition) is 0. The van der Waals surface area contributed by atoms with E-state index in [4.69, 9.17) is 18.9 Å². The number of ether oxygens (including phenoxy) is 4. The molecule has 218 valence electrons. The molecule has 1 heterocycles. The van der Waals surface area contributed by atoms with Crippen LogP contribution in [0.5, 0.6) is 17.2 Å². The van der Waals surface area contributed by atoms with Crippen LogP contribution in [-0.4, -0.2) is 36.7 Å². The second-order valence-electron chi connectivity index (χ2n) is 9.71. The van der Waals surface area contributed by atoms with Gasteiger partial charge in [0.25, 0.3) is 0 Å². The van der Waals surface area contributed by atoms with Crippen molar-refractivity contribution >= 4 is 11.9 Å². The van der Waals surface area contributed by atoms with Crippen molar-refractivity contribution in [2.45, 2.75) is 64.7 Å². The predicted molar refractivity (Wildman–Crippen MR) is 160 cm³/mol. The number of benzene rings is 2. The van der Waals surface area contributed by atoms with Gasteiger partial charge in [0, 0.05) is 11.6 Å². The van der Waals surface area contributed by atoms with Crippen molar-refractivity contribution in [2.24, 2.45) is 0 Å². The van der Waals surface area contributed by atoms with E-state index in [0.29, 0.717) is 31.1 Å². The Hall–Kier alpha value is -4.13. The SMILES string of the molecule is C=CC(=O)OCCCCCCCCOc1ccc(C(=O)Oc2ccc(-c3ccc(OCCCCC)cn3)cc2)cc1. The maximum atomic E-state index is 12.6. The third-order valence-electron chi connectivity index (χ3n) is 6.42. The smallest absolute Gasteiger partial charge is 0.343 e. The highest BCUT2D eigenvalue weighted by atomic mass is 16.5. The van der Waals surface area contributed by atoms with Crippen molar-refractivity contribution in [1.29, 1.82) is 0 Å². The van der Waals surface area contributed by atoms with Crippen molar-refractivity contribution in [3.63, 3.8) is 0 Å². The number of hydrogen-bond acceptors (Lipinski definition) is 7. The Morgan fingerprint density at radius 2 is 1.29 bits per heavy atom. The maximum Gasteiger partial charge on any atom is 0.343 e. The highest BCUT2D eigenvalue weighted by Crippen LogP contribution is 2.23. The number of carbonyl (C=O) groups excluding carboxylic acids is 2. The highest BCUT2D eigenvalue weighted by molar-refractivity contribution is 5.91.